The first kappa shape index (κ1) is 15.0. The van der Waals surface area contributed by atoms with Crippen LogP contribution in [0.15, 0.2) is 16.8 Å². The first-order chi connectivity index (χ1) is 10.3. The Morgan fingerprint density at radius 1 is 1.29 bits per heavy atom. The predicted octanol–water partition coefficient (Wildman–Crippen LogP) is 3.16. The highest BCUT2D eigenvalue weighted by Gasteiger charge is 2.35. The van der Waals surface area contributed by atoms with E-state index in [-0.39, 0.29) is 5.91 Å². The largest absolute Gasteiger partial charge is 0.341 e. The summed E-state index contributed by atoms with van der Waals surface area (Å²) in [4.78, 5) is 17.3. The van der Waals surface area contributed by atoms with Gasteiger partial charge in [0.2, 0.25) is 5.91 Å². The number of likely N-dealkylation sites (tertiary alicyclic amines) is 1. The zero-order valence-electron chi connectivity index (χ0n) is 13.0. The second-order valence-electron chi connectivity index (χ2n) is 6.48. The van der Waals surface area contributed by atoms with Gasteiger partial charge in [0.1, 0.15) is 0 Å². The monoisotopic (exact) mass is 306 g/mol. The zero-order valence-corrected chi connectivity index (χ0v) is 13.8. The molecule has 0 N–H and O–H groups in total. The van der Waals surface area contributed by atoms with E-state index in [1.54, 1.807) is 11.3 Å². The number of rotatable bonds is 4. The van der Waals surface area contributed by atoms with Crippen LogP contribution in [-0.4, -0.2) is 47.9 Å². The molecule has 116 valence electrons. The molecule has 21 heavy (non-hydrogen) atoms. The van der Waals surface area contributed by atoms with E-state index in [1.165, 1.54) is 51.6 Å². The summed E-state index contributed by atoms with van der Waals surface area (Å²) in [5.74, 6) is 0.282. The molecule has 2 heterocycles. The second-order valence-corrected chi connectivity index (χ2v) is 7.26. The van der Waals surface area contributed by atoms with Crippen LogP contribution in [0.1, 0.15) is 44.1 Å². The van der Waals surface area contributed by atoms with Gasteiger partial charge in [0.15, 0.2) is 0 Å². The maximum atomic E-state index is 12.6. The highest BCUT2D eigenvalue weighted by Crippen LogP contribution is 2.29. The maximum absolute atomic E-state index is 12.6. The van der Waals surface area contributed by atoms with Crippen LogP contribution in [-0.2, 0) is 11.2 Å². The van der Waals surface area contributed by atoms with Gasteiger partial charge in [0, 0.05) is 19.1 Å². The molecule has 1 unspecified atom stereocenters. The molecule has 3 rings (SSSR count). The van der Waals surface area contributed by atoms with Crippen LogP contribution >= 0.6 is 11.3 Å². The molecule has 1 saturated carbocycles. The summed E-state index contributed by atoms with van der Waals surface area (Å²) in [6.07, 6.45) is 8.25. The fourth-order valence-corrected chi connectivity index (χ4v) is 4.59. The molecule has 0 aromatic carbocycles. The molecule has 4 heteroatoms. The molecule has 3 nitrogen and oxygen atoms in total. The molecule has 1 saturated heterocycles. The van der Waals surface area contributed by atoms with Crippen molar-refractivity contribution in [3.05, 3.63) is 22.4 Å². The highest BCUT2D eigenvalue weighted by molar-refractivity contribution is 7.07. The van der Waals surface area contributed by atoms with E-state index in [9.17, 15) is 4.79 Å². The maximum Gasteiger partial charge on any atom is 0.227 e. The van der Waals surface area contributed by atoms with Crippen molar-refractivity contribution >= 4 is 17.2 Å². The summed E-state index contributed by atoms with van der Waals surface area (Å²) >= 11 is 1.67. The average Bonchev–Trinajstić information content (AvgIpc) is 3.19. The van der Waals surface area contributed by atoms with Gasteiger partial charge in [-0.25, -0.2) is 0 Å². The molecule has 0 spiro atoms. The van der Waals surface area contributed by atoms with E-state index in [1.807, 2.05) is 7.05 Å². The summed E-state index contributed by atoms with van der Waals surface area (Å²) in [5.41, 5.74) is 1.16. The number of amides is 1. The van der Waals surface area contributed by atoms with Gasteiger partial charge < -0.3 is 4.90 Å². The van der Waals surface area contributed by atoms with Gasteiger partial charge in [0.25, 0.3) is 0 Å². The predicted molar refractivity (Wildman–Crippen MR) is 87.6 cm³/mol. The van der Waals surface area contributed by atoms with Gasteiger partial charge >= 0.3 is 0 Å². The third kappa shape index (κ3) is 3.49. The lowest BCUT2D eigenvalue weighted by atomic mass is 9.88. The molecule has 0 bridgehead atoms. The van der Waals surface area contributed by atoms with Gasteiger partial charge in [-0.1, -0.05) is 12.8 Å². The van der Waals surface area contributed by atoms with E-state index < -0.39 is 0 Å². The molecule has 2 aliphatic rings. The fourth-order valence-electron chi connectivity index (χ4n) is 3.92. The van der Waals surface area contributed by atoms with Crippen LogP contribution in [0.5, 0.6) is 0 Å². The first-order valence-corrected chi connectivity index (χ1v) is 9.21. The number of hydrogen-bond donors (Lipinski definition) is 0. The van der Waals surface area contributed by atoms with Crippen molar-refractivity contribution in [1.82, 2.24) is 9.80 Å². The van der Waals surface area contributed by atoms with Crippen molar-refractivity contribution in [3.63, 3.8) is 0 Å². The Hall–Kier alpha value is -0.870. The summed E-state index contributed by atoms with van der Waals surface area (Å²) < 4.78 is 0. The van der Waals surface area contributed by atoms with E-state index in [4.69, 9.17) is 0 Å². The van der Waals surface area contributed by atoms with Crippen molar-refractivity contribution in [2.24, 2.45) is 0 Å². The lowest BCUT2D eigenvalue weighted by Gasteiger charge is -2.42. The van der Waals surface area contributed by atoms with Gasteiger partial charge in [-0.2, -0.15) is 11.3 Å². The van der Waals surface area contributed by atoms with Crippen LogP contribution in [0.25, 0.3) is 0 Å². The molecule has 2 atom stereocenters. The molecule has 0 radical (unpaired) electrons. The Labute approximate surface area is 131 Å². The summed E-state index contributed by atoms with van der Waals surface area (Å²) in [5, 5.41) is 4.14. The van der Waals surface area contributed by atoms with E-state index in [2.05, 4.69) is 26.6 Å². The molecule has 1 aliphatic carbocycles. The summed E-state index contributed by atoms with van der Waals surface area (Å²) in [6, 6.07) is 3.08. The van der Waals surface area contributed by atoms with Gasteiger partial charge in [0.05, 0.1) is 6.42 Å². The van der Waals surface area contributed by atoms with Crippen molar-refractivity contribution < 1.29 is 4.79 Å². The van der Waals surface area contributed by atoms with E-state index >= 15 is 0 Å². The summed E-state index contributed by atoms with van der Waals surface area (Å²) in [6.45, 7) is 2.46. The SMILES string of the molecule is CN(C(=O)Cc1ccsc1)C1CCCC[C@H]1N1CCCC1. The Kier molecular flexibility index (Phi) is 4.96. The average molecular weight is 306 g/mol. The molecule has 2 fully saturated rings. The number of likely N-dealkylation sites (N-methyl/N-ethyl adjacent to an activating group) is 1. The molecule has 1 aliphatic heterocycles. The quantitative estimate of drug-likeness (QED) is 0.853. The lowest BCUT2D eigenvalue weighted by Crippen LogP contribution is -2.53. The molecule has 1 aromatic heterocycles. The minimum Gasteiger partial charge on any atom is -0.341 e. The van der Waals surface area contributed by atoms with Crippen molar-refractivity contribution in [3.8, 4) is 0 Å². The van der Waals surface area contributed by atoms with E-state index in [0.29, 0.717) is 18.5 Å². The molecule has 1 amide bonds. The Morgan fingerprint density at radius 2 is 2.05 bits per heavy atom. The standard InChI is InChI=1S/C17H26N2OS/c1-18(17(20)12-14-8-11-21-13-14)15-6-2-3-7-16(15)19-9-4-5-10-19/h8,11,13,15-16H,2-7,9-10,12H2,1H3/t15?,16-/m1/s1. The Morgan fingerprint density at radius 3 is 2.76 bits per heavy atom. The van der Waals surface area contributed by atoms with Crippen LogP contribution < -0.4 is 0 Å². The number of carbonyl (C=O) groups excluding carboxylic acids is 1. The Bertz CT molecular complexity index is 453. The van der Waals surface area contributed by atoms with Crippen LogP contribution in [0.2, 0.25) is 0 Å². The van der Waals surface area contributed by atoms with Gasteiger partial charge in [-0.3, -0.25) is 9.69 Å². The number of carbonyl (C=O) groups is 1. The number of thiophene rings is 1. The first-order valence-electron chi connectivity index (χ1n) is 8.26. The third-order valence-corrected chi connectivity index (χ3v) is 5.86. The van der Waals surface area contributed by atoms with Crippen molar-refractivity contribution in [1.29, 1.82) is 0 Å². The van der Waals surface area contributed by atoms with Gasteiger partial charge in [-0.05, 0) is 61.2 Å². The minimum absolute atomic E-state index is 0.282. The molecular formula is C17H26N2OS. The number of nitrogens with zero attached hydrogens (tertiary/aromatic N) is 2. The van der Waals surface area contributed by atoms with Crippen LogP contribution in [0.3, 0.4) is 0 Å². The highest BCUT2D eigenvalue weighted by atomic mass is 32.1. The second kappa shape index (κ2) is 6.93. The van der Waals surface area contributed by atoms with Crippen molar-refractivity contribution in [2.75, 3.05) is 20.1 Å². The summed E-state index contributed by atoms with van der Waals surface area (Å²) in [7, 11) is 2.02. The number of hydrogen-bond acceptors (Lipinski definition) is 3. The molecular weight excluding hydrogens is 280 g/mol. The fraction of sp³-hybridized carbons (Fsp3) is 0.706. The molecule has 1 aromatic rings. The zero-order chi connectivity index (χ0) is 14.7. The third-order valence-electron chi connectivity index (χ3n) is 5.13. The topological polar surface area (TPSA) is 23.6 Å². The van der Waals surface area contributed by atoms with E-state index in [0.717, 1.165) is 5.56 Å². The van der Waals surface area contributed by atoms with Crippen LogP contribution in [0, 0.1) is 0 Å². The van der Waals surface area contributed by atoms with Crippen molar-refractivity contribution in [2.45, 2.75) is 57.0 Å². The smallest absolute Gasteiger partial charge is 0.227 e. The van der Waals surface area contributed by atoms with Crippen LogP contribution in [0.4, 0.5) is 0 Å². The Balaban J connectivity index is 1.65. The van der Waals surface area contributed by atoms with Gasteiger partial charge in [-0.15, -0.1) is 0 Å². The normalized spacial score (nSPS) is 26.9. The lowest BCUT2D eigenvalue weighted by molar-refractivity contribution is -0.133. The minimum atomic E-state index is 0.282.